The minimum Gasteiger partial charge on any atom is -0.870 e. The van der Waals surface area contributed by atoms with Crippen molar-refractivity contribution in [3.05, 3.63) is 224 Å². The zero-order chi connectivity index (χ0) is 58.1. The van der Waals surface area contributed by atoms with E-state index in [4.69, 9.17) is 33.2 Å². The molecule has 0 unspecified atom stereocenters. The molecule has 2 aliphatic carbocycles. The summed E-state index contributed by atoms with van der Waals surface area (Å²) in [5, 5.41) is 48.0. The van der Waals surface area contributed by atoms with Crippen LogP contribution in [0.25, 0.3) is 46.1 Å². The van der Waals surface area contributed by atoms with E-state index < -0.39 is 23.1 Å². The summed E-state index contributed by atoms with van der Waals surface area (Å²) in [4.78, 5) is 32.2. The van der Waals surface area contributed by atoms with Gasteiger partial charge in [0.25, 0.3) is 0 Å². The average molecular weight is 1270 g/mol. The number of aliphatic hydroxyl groups is 2. The molecule has 2 heterocycles. The summed E-state index contributed by atoms with van der Waals surface area (Å²) in [6, 6.07) is 52.8. The third kappa shape index (κ3) is 22.0. The van der Waals surface area contributed by atoms with Gasteiger partial charge in [0.1, 0.15) is 0 Å². The minimum atomic E-state index is -0.963. The van der Waals surface area contributed by atoms with E-state index in [0.717, 1.165) is 129 Å². The number of hydrogen-bond acceptors (Lipinski definition) is 11. The van der Waals surface area contributed by atoms with Crippen molar-refractivity contribution in [1.82, 2.24) is 9.97 Å². The van der Waals surface area contributed by atoms with Crippen LogP contribution in [0.5, 0.6) is 0 Å². The maximum absolute atomic E-state index is 11.4. The first-order valence-corrected chi connectivity index (χ1v) is 31.0. The summed E-state index contributed by atoms with van der Waals surface area (Å²) < 4.78 is 0. The number of thioether (sulfide) groups is 2. The van der Waals surface area contributed by atoms with Crippen LogP contribution in [0.2, 0.25) is 10.0 Å². The summed E-state index contributed by atoms with van der Waals surface area (Å²) in [6.45, 7) is 7.29. The fourth-order valence-corrected chi connectivity index (χ4v) is 14.2. The van der Waals surface area contributed by atoms with Crippen molar-refractivity contribution in [2.75, 3.05) is 11.5 Å². The Labute approximate surface area is 578 Å². The van der Waals surface area contributed by atoms with E-state index in [-0.39, 0.29) is 114 Å². The fourth-order valence-electron chi connectivity index (χ4n) is 10.7. The van der Waals surface area contributed by atoms with E-state index in [1.807, 2.05) is 160 Å². The van der Waals surface area contributed by atoms with Gasteiger partial charge in [-0.1, -0.05) is 172 Å². The Morgan fingerprint density at radius 3 is 1.26 bits per heavy atom. The molecule has 8 aromatic rings. The molecule has 87 heavy (non-hydrogen) atoms. The van der Waals surface area contributed by atoms with E-state index in [0.29, 0.717) is 10.0 Å². The third-order valence-corrected chi connectivity index (χ3v) is 19.5. The summed E-state index contributed by atoms with van der Waals surface area (Å²) in [6.07, 6.45) is 15.6. The number of carboxylic acids is 2. The predicted molar refractivity (Wildman–Crippen MR) is 353 cm³/mol. The third-order valence-electron chi connectivity index (χ3n) is 15.6. The molecule has 0 saturated heterocycles. The number of aliphatic carboxylic acids is 2. The number of carbonyl (C=O) groups excluding carboxylic acids is 2. The van der Waals surface area contributed by atoms with E-state index >= 15 is 0 Å². The van der Waals surface area contributed by atoms with E-state index in [1.54, 1.807) is 0 Å². The number of halogens is 2. The Morgan fingerprint density at radius 2 is 0.908 bits per heavy atom. The number of benzene rings is 6. The number of aryl methyl sites for hydroxylation is 2. The SMILES string of the molecule is C.C.CC(C)(O)c1ccccc1CC[C@@H](SCC1(CC(=O)[O-])CC1)c1cccc(/C=C/c2ccc3ccc(Cl)cc3n2)c1.CC(C)(O)c1ccccc1CC[C@@H](SCC1(CC(=O)[O-])CC1)c1cccc(/C=C/c2ccc3ccc(Cl)cc3n2)c1.[Na+].[Na+].[OH-]. The van der Waals surface area contributed by atoms with Crippen LogP contribution in [-0.2, 0) is 33.6 Å². The molecule has 0 amide bonds. The number of carbonyl (C=O) groups is 2. The molecular weight excluding hydrogens is 1190 g/mol. The molecule has 9 nitrogen and oxygen atoms in total. The van der Waals surface area contributed by atoms with Crippen molar-refractivity contribution in [3.63, 3.8) is 0 Å². The van der Waals surface area contributed by atoms with Crippen LogP contribution in [0.1, 0.15) is 160 Å². The van der Waals surface area contributed by atoms with Gasteiger partial charge in [-0.25, -0.2) is 9.97 Å². The molecule has 3 N–H and O–H groups in total. The largest absolute Gasteiger partial charge is 1.00 e. The maximum atomic E-state index is 11.4. The molecule has 0 bridgehead atoms. The van der Waals surface area contributed by atoms with E-state index in [1.165, 1.54) is 11.1 Å². The first-order valence-electron chi connectivity index (χ1n) is 28.1. The van der Waals surface area contributed by atoms with Gasteiger partial charge in [0.15, 0.2) is 0 Å². The Bertz CT molecular complexity index is 3400. The number of aromatic nitrogens is 2. The average Bonchev–Trinajstić information content (AvgIpc) is 2.32. The van der Waals surface area contributed by atoms with Crippen molar-refractivity contribution >= 4 is 105 Å². The van der Waals surface area contributed by atoms with Gasteiger partial charge in [-0.05, 0) is 207 Å². The van der Waals surface area contributed by atoms with Crippen LogP contribution in [-0.4, -0.2) is 49.1 Å². The number of hydrogen-bond donors (Lipinski definition) is 2. The molecule has 15 heteroatoms. The topological polar surface area (TPSA) is 176 Å². The van der Waals surface area contributed by atoms with Gasteiger partial charge in [-0.3, -0.25) is 0 Å². The van der Waals surface area contributed by atoms with E-state index in [2.05, 4.69) is 72.8 Å². The molecule has 6 aromatic carbocycles. The molecule has 0 aliphatic heterocycles. The van der Waals surface area contributed by atoms with Gasteiger partial charge in [-0.15, -0.1) is 0 Å². The standard InChI is InChI=1S/2C35H36ClNO3S.2CH4.2Na.H2O/c2*1-34(2,40)30-9-4-3-7-25(30)13-17-32(41-23-35(18-19-35)22-33(38)39)27-8-5-6-24(20-27)10-15-29-16-12-26-11-14-28(36)21-31(26)37-29;;;;;/h2*3-12,14-16,20-21,32,40H,13,17-19,22-23H2,1-2H3,(H,38,39);2*1H4;;;1H2/q;;;;2*+1;/p-3/b2*15-10+;;;;;/t2*32-;;;;;/m11...../s1. The molecule has 448 valence electrons. The smallest absolute Gasteiger partial charge is 0.870 e. The van der Waals surface area contributed by atoms with Crippen molar-refractivity contribution in [1.29, 1.82) is 0 Å². The van der Waals surface area contributed by atoms with Crippen molar-refractivity contribution in [2.24, 2.45) is 10.8 Å². The molecule has 10 rings (SSSR count). The molecule has 2 aromatic heterocycles. The van der Waals surface area contributed by atoms with Crippen LogP contribution in [0, 0.1) is 10.8 Å². The van der Waals surface area contributed by atoms with Crippen LogP contribution in [0.3, 0.4) is 0 Å². The number of carboxylic acid groups (broad SMARTS) is 2. The van der Waals surface area contributed by atoms with Crippen molar-refractivity contribution < 1.29 is 94.6 Å². The van der Waals surface area contributed by atoms with Gasteiger partial charge in [0, 0.05) is 43.3 Å². The Morgan fingerprint density at radius 1 is 0.540 bits per heavy atom. The summed E-state index contributed by atoms with van der Waals surface area (Å²) in [7, 11) is 0. The molecule has 2 saturated carbocycles. The monoisotopic (exact) mass is 1260 g/mol. The fraction of sp³-hybridized carbons (Fsp3) is 0.333. The first-order chi connectivity index (χ1) is 39.2. The molecule has 2 atom stereocenters. The van der Waals surface area contributed by atoms with Gasteiger partial charge >= 0.3 is 59.1 Å². The number of pyridine rings is 2. The summed E-state index contributed by atoms with van der Waals surface area (Å²) in [5.41, 5.74) is 10.1. The molecule has 0 radical (unpaired) electrons. The van der Waals surface area contributed by atoms with Crippen LogP contribution < -0.4 is 69.3 Å². The van der Waals surface area contributed by atoms with Crippen LogP contribution in [0.4, 0.5) is 0 Å². The summed E-state index contributed by atoms with van der Waals surface area (Å²) >= 11 is 16.0. The number of rotatable bonds is 24. The van der Waals surface area contributed by atoms with Crippen LogP contribution in [0.15, 0.2) is 158 Å². The molecule has 0 spiro atoms. The Balaban J connectivity index is 0.000000352. The van der Waals surface area contributed by atoms with E-state index in [9.17, 15) is 30.0 Å². The Hall–Kier alpha value is -4.28. The molecule has 2 aliphatic rings. The predicted octanol–water partition coefficient (Wildman–Crippen LogP) is 10.3. The normalized spacial score (nSPS) is 14.4. The zero-order valence-corrected chi connectivity index (χ0v) is 56.5. The second-order valence-corrected chi connectivity index (χ2v) is 26.6. The number of nitrogens with zero attached hydrogens (tertiary/aromatic N) is 2. The molecule has 2 fully saturated rings. The van der Waals surface area contributed by atoms with Crippen LogP contribution >= 0.6 is 46.7 Å². The van der Waals surface area contributed by atoms with Gasteiger partial charge < -0.3 is 35.5 Å². The number of fused-ring (bicyclic) bond motifs is 2. The van der Waals surface area contributed by atoms with Crippen molar-refractivity contribution in [2.45, 2.75) is 128 Å². The quantitative estimate of drug-likeness (QED) is 0.0551. The second kappa shape index (κ2) is 33.7. The first kappa shape index (κ1) is 75.2. The minimum absolute atomic E-state index is 0. The van der Waals surface area contributed by atoms with Gasteiger partial charge in [0.2, 0.25) is 0 Å². The molecular formula is C72H79Cl2N2Na2O7S2-. The van der Waals surface area contributed by atoms with Gasteiger partial charge in [-0.2, -0.15) is 23.5 Å². The zero-order valence-electron chi connectivity index (χ0n) is 49.4. The summed E-state index contributed by atoms with van der Waals surface area (Å²) in [5.74, 6) is -0.337. The van der Waals surface area contributed by atoms with Gasteiger partial charge in [0.05, 0.1) is 33.6 Å². The second-order valence-electron chi connectivity index (χ2n) is 23.4. The Kier molecular flexibility index (Phi) is 29.1. The van der Waals surface area contributed by atoms with Crippen molar-refractivity contribution in [3.8, 4) is 0 Å². The maximum Gasteiger partial charge on any atom is 1.00 e.